The number of ether oxygens (including phenoxy) is 1. The van der Waals surface area contributed by atoms with Gasteiger partial charge in [-0.05, 0) is 67.3 Å². The number of hydrogen-bond acceptors (Lipinski definition) is 8. The molecule has 12 heteroatoms. The molecule has 0 aliphatic heterocycles. The van der Waals surface area contributed by atoms with Crippen molar-refractivity contribution in [3.8, 4) is 12.1 Å². The highest BCUT2D eigenvalue weighted by Crippen LogP contribution is 2.36. The number of nitrogens with one attached hydrogen (secondary N) is 1. The molecule has 0 fully saturated rings. The largest absolute Gasteiger partial charge is 0.471 e. The van der Waals surface area contributed by atoms with Crippen molar-refractivity contribution in [2.75, 3.05) is 29.9 Å². The molecule has 1 N–H and O–H groups in total. The third-order valence-electron chi connectivity index (χ3n) is 9.02. The van der Waals surface area contributed by atoms with Crippen LogP contribution in [-0.4, -0.2) is 37.7 Å². The quantitative estimate of drug-likeness (QED) is 0.101. The Bertz CT molecular complexity index is 1490. The summed E-state index contributed by atoms with van der Waals surface area (Å²) in [5, 5.41) is 29.9. The molecule has 9 nitrogen and oxygen atoms in total. The molecule has 0 aliphatic rings. The molecule has 0 aromatic heterocycles. The van der Waals surface area contributed by atoms with E-state index < -0.39 is 18.1 Å². The summed E-state index contributed by atoms with van der Waals surface area (Å²) in [6.45, 7) is 14.1. The van der Waals surface area contributed by atoms with Crippen LogP contribution in [0.4, 0.5) is 35.9 Å². The fourth-order valence-corrected chi connectivity index (χ4v) is 5.86. The smallest absolute Gasteiger partial charge is 0.462 e. The lowest BCUT2D eigenvalue weighted by atomic mass is 9.95. The third-order valence-corrected chi connectivity index (χ3v) is 9.02. The molecule has 1 amide bonds. The molecule has 0 bridgehead atoms. The number of carbonyl (C=O) groups excluding carboxylic acids is 2. The Morgan fingerprint density at radius 2 is 1.43 bits per heavy atom. The van der Waals surface area contributed by atoms with Gasteiger partial charge in [0.2, 0.25) is 0 Å². The van der Waals surface area contributed by atoms with Crippen LogP contribution in [0.1, 0.15) is 127 Å². The number of alkyl halides is 3. The Labute approximate surface area is 301 Å². The Morgan fingerprint density at radius 3 is 1.90 bits per heavy atom. The van der Waals surface area contributed by atoms with Crippen LogP contribution in [0, 0.1) is 40.4 Å². The lowest BCUT2D eigenvalue weighted by molar-refractivity contribution is -0.167. The lowest BCUT2D eigenvalue weighted by Crippen LogP contribution is -2.34. The molecule has 278 valence electrons. The Kier molecular flexibility index (Phi) is 18.2. The maximum atomic E-state index is 13.5. The van der Waals surface area contributed by atoms with Gasteiger partial charge < -0.3 is 15.0 Å². The second kappa shape index (κ2) is 21.7. The molecule has 3 atom stereocenters. The number of nitriles is 2. The number of anilines is 2. The highest BCUT2D eigenvalue weighted by atomic mass is 19.4. The van der Waals surface area contributed by atoms with E-state index in [-0.39, 0.29) is 46.3 Å². The number of hydrogen-bond donors (Lipinski definition) is 1. The van der Waals surface area contributed by atoms with E-state index in [1.807, 2.05) is 31.3 Å². The highest BCUT2D eigenvalue weighted by molar-refractivity contribution is 5.98. The Morgan fingerprint density at radius 1 is 0.863 bits per heavy atom. The normalized spacial score (nSPS) is 13.2. The number of carbonyl (C=O) groups is 2. The van der Waals surface area contributed by atoms with Crippen LogP contribution in [0.15, 0.2) is 40.6 Å². The average Bonchev–Trinajstić information content (AvgIpc) is 3.11. The summed E-state index contributed by atoms with van der Waals surface area (Å²) in [5.41, 5.74) is -0.155. The minimum Gasteiger partial charge on any atom is -0.462 e. The van der Waals surface area contributed by atoms with Crippen molar-refractivity contribution < 1.29 is 27.5 Å². The first-order chi connectivity index (χ1) is 24.3. The monoisotopic (exact) mass is 710 g/mol. The van der Waals surface area contributed by atoms with Crippen LogP contribution in [0.3, 0.4) is 0 Å². The third kappa shape index (κ3) is 13.7. The van der Waals surface area contributed by atoms with Crippen LogP contribution >= 0.6 is 0 Å². The highest BCUT2D eigenvalue weighted by Gasteiger charge is 2.39. The molecule has 2 aromatic carbocycles. The van der Waals surface area contributed by atoms with Crippen molar-refractivity contribution in [3.63, 3.8) is 0 Å². The van der Waals surface area contributed by atoms with Crippen molar-refractivity contribution >= 4 is 34.6 Å². The topological polar surface area (TPSA) is 131 Å². The van der Waals surface area contributed by atoms with Crippen LogP contribution in [0.25, 0.3) is 0 Å². The van der Waals surface area contributed by atoms with Crippen molar-refractivity contribution in [3.05, 3.63) is 47.0 Å². The minimum atomic E-state index is -5.16. The first-order valence-electron chi connectivity index (χ1n) is 18.2. The maximum Gasteiger partial charge on any atom is 0.471 e. The summed E-state index contributed by atoms with van der Waals surface area (Å²) in [7, 11) is 0. The van der Waals surface area contributed by atoms with Gasteiger partial charge in [0, 0.05) is 18.8 Å². The number of nitrogens with zero attached hydrogens (tertiary/aromatic N) is 5. The second-order valence-corrected chi connectivity index (χ2v) is 13.2. The van der Waals surface area contributed by atoms with Gasteiger partial charge in [0.25, 0.3) is 0 Å². The van der Waals surface area contributed by atoms with Gasteiger partial charge in [-0.25, -0.2) is 4.79 Å². The standard InChI is InChI=1S/C39H53F3N6O3/c1-7-12-15-28(10-4)24-48(25-29(11-5)16-13-8-2)33-17-18-34(35(21-33)45-38(50)39(40,41)42)46-47-36-31(22-43)19-30(20-32(36)23-44)37(49)51-26-27(6)14-9-3/h17-21,27-29H,7-16,24-26H2,1-6H3,(H,45,50). The summed E-state index contributed by atoms with van der Waals surface area (Å²) >= 11 is 0. The number of esters is 1. The molecule has 0 saturated carbocycles. The van der Waals surface area contributed by atoms with Gasteiger partial charge in [-0.3, -0.25) is 4.79 Å². The molecule has 51 heavy (non-hydrogen) atoms. The van der Waals surface area contributed by atoms with Gasteiger partial charge in [-0.15, -0.1) is 10.2 Å². The van der Waals surface area contributed by atoms with E-state index in [4.69, 9.17) is 4.74 Å². The molecule has 0 heterocycles. The van der Waals surface area contributed by atoms with E-state index >= 15 is 0 Å². The minimum absolute atomic E-state index is 0.0121. The maximum absolute atomic E-state index is 13.5. The molecular formula is C39H53F3N6O3. The molecule has 2 aromatic rings. The zero-order chi connectivity index (χ0) is 38.0. The van der Waals surface area contributed by atoms with Crippen LogP contribution in [0.2, 0.25) is 0 Å². The molecule has 0 aliphatic carbocycles. The summed E-state index contributed by atoms with van der Waals surface area (Å²) < 4.78 is 45.9. The Hall–Kier alpha value is -4.45. The number of benzene rings is 2. The van der Waals surface area contributed by atoms with Gasteiger partial charge in [0.05, 0.1) is 29.0 Å². The molecule has 0 spiro atoms. The average molecular weight is 711 g/mol. The number of rotatable bonds is 21. The van der Waals surface area contributed by atoms with E-state index in [1.165, 1.54) is 24.3 Å². The van der Waals surface area contributed by atoms with Crippen molar-refractivity contribution in [2.45, 2.75) is 112 Å². The first-order valence-corrected chi connectivity index (χ1v) is 18.2. The fraction of sp³-hybridized carbons (Fsp3) is 0.590. The predicted molar refractivity (Wildman–Crippen MR) is 194 cm³/mol. The van der Waals surface area contributed by atoms with Crippen LogP contribution in [0.5, 0.6) is 0 Å². The van der Waals surface area contributed by atoms with E-state index in [9.17, 15) is 33.3 Å². The molecule has 0 radical (unpaired) electrons. The second-order valence-electron chi connectivity index (χ2n) is 13.2. The van der Waals surface area contributed by atoms with E-state index in [2.05, 4.69) is 42.8 Å². The summed E-state index contributed by atoms with van der Waals surface area (Å²) in [4.78, 5) is 27.1. The molecule has 2 rings (SSSR count). The summed E-state index contributed by atoms with van der Waals surface area (Å²) in [5.74, 6) is -2.00. The van der Waals surface area contributed by atoms with Gasteiger partial charge in [-0.2, -0.15) is 23.7 Å². The predicted octanol–water partition coefficient (Wildman–Crippen LogP) is 11.2. The van der Waals surface area contributed by atoms with Crippen LogP contribution < -0.4 is 10.2 Å². The molecular weight excluding hydrogens is 657 g/mol. The van der Waals surface area contributed by atoms with E-state index in [1.54, 1.807) is 6.07 Å². The van der Waals surface area contributed by atoms with E-state index in [0.29, 0.717) is 30.6 Å². The molecule has 0 saturated heterocycles. The van der Waals surface area contributed by atoms with Crippen LogP contribution in [-0.2, 0) is 9.53 Å². The number of unbranched alkanes of at least 4 members (excludes halogenated alkanes) is 2. The lowest BCUT2D eigenvalue weighted by Gasteiger charge is -2.33. The van der Waals surface area contributed by atoms with Crippen molar-refractivity contribution in [1.29, 1.82) is 10.5 Å². The zero-order valence-corrected chi connectivity index (χ0v) is 30.9. The van der Waals surface area contributed by atoms with Crippen molar-refractivity contribution in [2.24, 2.45) is 28.0 Å². The zero-order valence-electron chi connectivity index (χ0n) is 30.9. The SMILES string of the molecule is CCCCC(CC)CN(CC(CC)CCCC)c1ccc(N=Nc2c(C#N)cc(C(=O)OCC(C)CCC)cc2C#N)c(NC(=O)C(F)(F)F)c1. The number of amides is 1. The molecule has 3 unspecified atom stereocenters. The van der Waals surface area contributed by atoms with Gasteiger partial charge >= 0.3 is 18.1 Å². The van der Waals surface area contributed by atoms with Crippen molar-refractivity contribution in [1.82, 2.24) is 0 Å². The number of halogens is 3. The van der Waals surface area contributed by atoms with Gasteiger partial charge in [0.15, 0.2) is 0 Å². The van der Waals surface area contributed by atoms with Gasteiger partial charge in [-0.1, -0.05) is 86.5 Å². The first kappa shape index (κ1) is 42.7. The fourth-order valence-electron chi connectivity index (χ4n) is 5.86. The van der Waals surface area contributed by atoms with Gasteiger partial charge in [0.1, 0.15) is 23.5 Å². The Balaban J connectivity index is 2.62. The summed E-state index contributed by atoms with van der Waals surface area (Å²) in [6.07, 6.45) is 4.83. The van der Waals surface area contributed by atoms with E-state index in [0.717, 1.165) is 64.2 Å². The number of azo groups is 1. The summed E-state index contributed by atoms with van der Waals surface area (Å²) in [6, 6.07) is 11.0.